The van der Waals surface area contributed by atoms with Gasteiger partial charge in [0.05, 0.1) is 24.9 Å². The number of aliphatic hydroxyl groups excluding tert-OH is 1. The molecule has 0 bridgehead atoms. The molecule has 1 saturated heterocycles. The van der Waals surface area contributed by atoms with Crippen LogP contribution in [-0.4, -0.2) is 42.2 Å². The molecule has 0 aromatic rings. The van der Waals surface area contributed by atoms with Crippen LogP contribution in [0.5, 0.6) is 0 Å². The number of hydrogen-bond acceptors (Lipinski definition) is 4. The molecule has 1 aliphatic heterocycles. The number of ether oxygens (including phenoxy) is 2. The Balaban J connectivity index is -0.0000000473. The van der Waals surface area contributed by atoms with E-state index in [1.807, 2.05) is 12.2 Å². The number of nitrogens with one attached hydrogen (secondary N) is 1. The zero-order chi connectivity index (χ0) is 36.7. The van der Waals surface area contributed by atoms with E-state index in [1.165, 1.54) is 0 Å². The molecule has 1 aliphatic rings. The molecule has 2 N–H and O–H groups in total. The Morgan fingerprint density at radius 3 is 1.52 bits per heavy atom. The van der Waals surface area contributed by atoms with Gasteiger partial charge in [0.2, 0.25) is 0 Å². The zero-order valence-corrected chi connectivity index (χ0v) is 28.0. The number of carbonyl (C=O) groups is 1. The molecule has 0 aromatic heterocycles. The third-order valence-electron chi connectivity index (χ3n) is 6.41. The highest BCUT2D eigenvalue weighted by Crippen LogP contribution is 2.39. The molecule has 7 atom stereocenters. The highest BCUT2D eigenvalue weighted by molar-refractivity contribution is 5.94. The maximum absolute atomic E-state index is 12.5. The van der Waals surface area contributed by atoms with E-state index in [9.17, 15) is 9.90 Å². The van der Waals surface area contributed by atoms with E-state index in [1.54, 1.807) is 26.0 Å². The molecule has 1 heterocycles. The van der Waals surface area contributed by atoms with Crippen LogP contribution in [0.2, 0.25) is 0 Å². The molecular weight excluding hydrogens is 618 g/mol. The summed E-state index contributed by atoms with van der Waals surface area (Å²) in [5.74, 6) is 59.1. The van der Waals surface area contributed by atoms with Crippen molar-refractivity contribution in [3.05, 3.63) is 50.6 Å². The van der Waals surface area contributed by atoms with Crippen LogP contribution in [-0.2, 0) is 14.3 Å². The monoisotopic (exact) mass is 700 g/mol. The first-order valence-electron chi connectivity index (χ1n) is 15.1. The summed E-state index contributed by atoms with van der Waals surface area (Å²) < 4.78 is 12.3. The minimum Gasteiger partial charge on any atom is -0.391 e. The maximum atomic E-state index is 12.5. The van der Waals surface area contributed by atoms with Crippen molar-refractivity contribution in [3.8, 4) is 142 Å². The maximum Gasteiger partial charge on any atom is 0.297 e. The lowest BCUT2D eigenvalue weighted by molar-refractivity contribution is -0.236. The largest absolute Gasteiger partial charge is 0.391 e. The minimum atomic E-state index is -0.881. The molecule has 0 spiro atoms. The lowest BCUT2D eigenvalue weighted by Gasteiger charge is -2.44. The predicted octanol–water partition coefficient (Wildman–Crippen LogP) is 8.93. The standard InChI is InChI=1S/C45H33NO4.24H2/c1-7-13-14-15-16-17-18-19-20-21-22-23-24-25-26-27-28-29-30-31-32-33-34-36-44(48)46-41(42(47)12-6)37-49-45-40(11-5)38(9-3)39(10-4)43(50-45)35-8-2;;;;;;;;;;;;;;;;;;;;;;;;/h8-11,38-43,45,47H,2-5,12,35,37H2,1,6H3,(H,46,48);24*1H/t38-,39+,40?,41-,42+,43?,45-;;;;;;;;;;;;;;;;;;;;;;;;/m0......................../s1. The highest BCUT2D eigenvalue weighted by atomic mass is 16.7. The second kappa shape index (κ2) is 27.2. The topological polar surface area (TPSA) is 67.8 Å². The Hall–Kier alpha value is -6.97. The van der Waals surface area contributed by atoms with Gasteiger partial charge in [-0.2, -0.15) is 0 Å². The second-order valence-corrected chi connectivity index (χ2v) is 9.52. The van der Waals surface area contributed by atoms with Gasteiger partial charge < -0.3 is 19.9 Å². The van der Waals surface area contributed by atoms with Gasteiger partial charge in [0, 0.05) is 87.5 Å². The van der Waals surface area contributed by atoms with E-state index in [-0.39, 0.29) is 64.7 Å². The van der Waals surface area contributed by atoms with Gasteiger partial charge in [-0.25, -0.2) is 0 Å². The number of aliphatic hydroxyl groups is 1. The van der Waals surface area contributed by atoms with E-state index in [0.717, 1.165) is 0 Å². The molecule has 5 heteroatoms. The van der Waals surface area contributed by atoms with E-state index < -0.39 is 24.3 Å². The Morgan fingerprint density at radius 2 is 1.14 bits per heavy atom. The van der Waals surface area contributed by atoms with Crippen LogP contribution in [0.4, 0.5) is 0 Å². The summed E-state index contributed by atoms with van der Waals surface area (Å²) in [7, 11) is 0. The number of amides is 1. The molecule has 290 valence electrons. The van der Waals surface area contributed by atoms with Crippen molar-refractivity contribution < 1.29 is 53.6 Å². The van der Waals surface area contributed by atoms with Crippen LogP contribution in [0.25, 0.3) is 0 Å². The lowest BCUT2D eigenvalue weighted by atomic mass is 9.75. The van der Waals surface area contributed by atoms with Gasteiger partial charge >= 0.3 is 0 Å². The third kappa shape index (κ3) is 17.1. The summed E-state index contributed by atoms with van der Waals surface area (Å²) in [6.45, 7) is 19.2. The van der Waals surface area contributed by atoms with Crippen molar-refractivity contribution in [2.45, 2.75) is 51.2 Å². The van der Waals surface area contributed by atoms with Crippen molar-refractivity contribution in [2.24, 2.45) is 17.8 Å². The molecule has 0 radical (unpaired) electrons. The minimum absolute atomic E-state index is 0. The average Bonchev–Trinajstić information content (AvgIpc) is 3.12. The summed E-state index contributed by atoms with van der Waals surface area (Å²) >= 11 is 0. The van der Waals surface area contributed by atoms with Crippen molar-refractivity contribution in [2.75, 3.05) is 6.61 Å². The highest BCUT2D eigenvalue weighted by Gasteiger charge is 2.42. The number of allylic oxidation sites excluding steroid dienone is 1. The van der Waals surface area contributed by atoms with Crippen LogP contribution in [0.1, 0.15) is 60.9 Å². The molecular formula is C45H81NO4. The van der Waals surface area contributed by atoms with Gasteiger partial charge in [0.1, 0.15) is 0 Å². The van der Waals surface area contributed by atoms with E-state index in [4.69, 9.17) is 9.47 Å². The average molecular weight is 700 g/mol. The number of hydrogen-bond donors (Lipinski definition) is 2. The molecule has 1 rings (SSSR count). The molecule has 0 aromatic carbocycles. The zero-order valence-electron chi connectivity index (χ0n) is 28.0. The Bertz CT molecular complexity index is 2130. The summed E-state index contributed by atoms with van der Waals surface area (Å²) in [5.41, 5.74) is 0. The summed E-state index contributed by atoms with van der Waals surface area (Å²) in [5, 5.41) is 13.2. The second-order valence-electron chi connectivity index (χ2n) is 9.52. The van der Waals surface area contributed by atoms with Crippen molar-refractivity contribution in [3.63, 3.8) is 0 Å². The van der Waals surface area contributed by atoms with Gasteiger partial charge in [-0.15, -0.1) is 26.3 Å². The molecule has 1 amide bonds. The lowest BCUT2D eigenvalue weighted by Crippen LogP contribution is -2.50. The van der Waals surface area contributed by atoms with Crippen molar-refractivity contribution in [1.29, 1.82) is 0 Å². The molecule has 0 saturated carbocycles. The smallest absolute Gasteiger partial charge is 0.297 e. The fourth-order valence-electron chi connectivity index (χ4n) is 4.17. The normalized spacial score (nSPS) is 17.9. The summed E-state index contributed by atoms with van der Waals surface area (Å²) in [6, 6.07) is -0.744. The first-order chi connectivity index (χ1) is 24.5. The van der Waals surface area contributed by atoms with Gasteiger partial charge in [-0.1, -0.05) is 37.1 Å². The van der Waals surface area contributed by atoms with Crippen molar-refractivity contribution in [1.82, 2.24) is 5.32 Å². The number of carbonyl (C=O) groups excluding carboxylic acids is 1. The van der Waals surface area contributed by atoms with Gasteiger partial charge in [-0.3, -0.25) is 4.79 Å². The van der Waals surface area contributed by atoms with Crippen LogP contribution in [0.15, 0.2) is 50.6 Å². The fraction of sp³-hybridized carbons (Fsp3) is 0.267. The molecule has 1 fully saturated rings. The molecule has 2 unspecified atom stereocenters. The van der Waals surface area contributed by atoms with Crippen LogP contribution < -0.4 is 5.32 Å². The Labute approximate surface area is 333 Å². The van der Waals surface area contributed by atoms with Crippen molar-refractivity contribution >= 4 is 5.91 Å². The van der Waals surface area contributed by atoms with Gasteiger partial charge in [0.25, 0.3) is 5.91 Å². The van der Waals surface area contributed by atoms with Crippen LogP contribution in [0.3, 0.4) is 0 Å². The first-order valence-corrected chi connectivity index (χ1v) is 15.1. The first kappa shape index (κ1) is 41.1. The van der Waals surface area contributed by atoms with Crippen LogP contribution in [0, 0.1) is 160 Å². The molecule has 5 nitrogen and oxygen atoms in total. The van der Waals surface area contributed by atoms with Crippen LogP contribution >= 0.6 is 0 Å². The summed E-state index contributed by atoms with van der Waals surface area (Å²) in [6.07, 6.45) is 6.45. The van der Waals surface area contributed by atoms with Gasteiger partial charge in [0.15, 0.2) is 6.29 Å². The summed E-state index contributed by atoms with van der Waals surface area (Å²) in [4.78, 5) is 12.5. The van der Waals surface area contributed by atoms with E-state index >= 15 is 0 Å². The number of rotatable bonds is 11. The predicted molar refractivity (Wildman–Crippen MR) is 248 cm³/mol. The van der Waals surface area contributed by atoms with E-state index in [2.05, 4.69) is 174 Å². The molecule has 0 aliphatic carbocycles. The fourth-order valence-corrected chi connectivity index (χ4v) is 4.17. The quantitative estimate of drug-likeness (QED) is 0.167. The SMILES string of the molecule is C=CCC1O[C@H](OC[C@H](NC(=O)C#CC#CC#CC#CC#CC#CC#CC#CC#CC#CC#CC#CC)[C@H](O)CC)C(C=C)[C@@H](C=C)[C@H]1C=C.[HH].[HH].[HH].[HH].[HH].[HH].[HH].[HH].[HH].[HH].[HH].[HH].[HH].[HH].[HH].[HH].[HH].[HH].[HH].[HH].[HH].[HH].[HH].[HH]. The third-order valence-corrected chi connectivity index (χ3v) is 6.41. The Kier molecular flexibility index (Phi) is 22.3. The van der Waals surface area contributed by atoms with Gasteiger partial charge in [-0.05, 0) is 120 Å². The molecule has 50 heavy (non-hydrogen) atoms. The Morgan fingerprint density at radius 1 is 0.720 bits per heavy atom. The van der Waals surface area contributed by atoms with E-state index in [0.29, 0.717) is 12.8 Å².